The number of aliphatic hydroxyl groups excluding tert-OH is 1. The Balaban J connectivity index is 2.85. The largest absolute Gasteiger partial charge is 0.394 e. The third-order valence-corrected chi connectivity index (χ3v) is 2.02. The monoisotopic (exact) mass is 206 g/mol. The number of rotatable bonds is 4. The minimum absolute atomic E-state index is 0.0235. The minimum atomic E-state index is -0.0710. The number of nitriles is 1. The molecule has 1 heterocycles. The van der Waals surface area contributed by atoms with Crippen LogP contribution in [0.2, 0.25) is 0 Å². The van der Waals surface area contributed by atoms with Crippen LogP contribution in [-0.4, -0.2) is 27.7 Å². The van der Waals surface area contributed by atoms with E-state index in [0.717, 1.165) is 12.1 Å². The predicted octanol–water partition coefficient (Wildman–Crippen LogP) is 0.840. The van der Waals surface area contributed by atoms with Crippen LogP contribution in [0.25, 0.3) is 0 Å². The third kappa shape index (κ3) is 3.18. The molecule has 0 aliphatic carbocycles. The summed E-state index contributed by atoms with van der Waals surface area (Å²) >= 11 is 0. The zero-order chi connectivity index (χ0) is 11.3. The second-order valence-electron chi connectivity index (χ2n) is 3.26. The first-order valence-electron chi connectivity index (χ1n) is 4.82. The van der Waals surface area contributed by atoms with Gasteiger partial charge in [-0.25, -0.2) is 9.97 Å². The molecule has 0 aromatic carbocycles. The second-order valence-corrected chi connectivity index (χ2v) is 3.26. The van der Waals surface area contributed by atoms with E-state index in [2.05, 4.69) is 15.3 Å². The predicted molar refractivity (Wildman–Crippen MR) is 56.3 cm³/mol. The Hall–Kier alpha value is -1.67. The van der Waals surface area contributed by atoms with E-state index in [-0.39, 0.29) is 12.6 Å². The van der Waals surface area contributed by atoms with Gasteiger partial charge in [0.05, 0.1) is 12.6 Å². The average molecular weight is 206 g/mol. The number of hydrogen-bond donors (Lipinski definition) is 2. The normalized spacial score (nSPS) is 11.9. The van der Waals surface area contributed by atoms with Crippen LogP contribution in [0.3, 0.4) is 0 Å². The first kappa shape index (κ1) is 11.4. The first-order chi connectivity index (χ1) is 7.19. The third-order valence-electron chi connectivity index (χ3n) is 2.02. The summed E-state index contributed by atoms with van der Waals surface area (Å²) < 4.78 is 0. The van der Waals surface area contributed by atoms with Crippen LogP contribution < -0.4 is 5.32 Å². The maximum Gasteiger partial charge on any atom is 0.224 e. The lowest BCUT2D eigenvalue weighted by Crippen LogP contribution is -2.24. The molecule has 0 aliphatic heterocycles. The van der Waals surface area contributed by atoms with Crippen LogP contribution in [0.4, 0.5) is 5.95 Å². The molecule has 5 heteroatoms. The highest BCUT2D eigenvalue weighted by Crippen LogP contribution is 2.06. The van der Waals surface area contributed by atoms with Crippen LogP contribution in [0, 0.1) is 18.3 Å². The van der Waals surface area contributed by atoms with Crippen molar-refractivity contribution in [2.75, 3.05) is 11.9 Å². The van der Waals surface area contributed by atoms with Crippen molar-refractivity contribution < 1.29 is 5.11 Å². The van der Waals surface area contributed by atoms with Crippen molar-refractivity contribution in [2.45, 2.75) is 26.3 Å². The maximum absolute atomic E-state index is 9.00. The molecular formula is C10H14N4O. The summed E-state index contributed by atoms with van der Waals surface area (Å²) in [5, 5.41) is 20.7. The fourth-order valence-corrected chi connectivity index (χ4v) is 1.15. The van der Waals surface area contributed by atoms with Gasteiger partial charge >= 0.3 is 0 Å². The van der Waals surface area contributed by atoms with E-state index in [4.69, 9.17) is 10.4 Å². The van der Waals surface area contributed by atoms with Crippen LogP contribution in [-0.2, 0) is 0 Å². The molecule has 1 rings (SSSR count). The van der Waals surface area contributed by atoms with E-state index >= 15 is 0 Å². The van der Waals surface area contributed by atoms with Gasteiger partial charge in [-0.05, 0) is 19.4 Å². The van der Waals surface area contributed by atoms with Crippen LogP contribution in [0.15, 0.2) is 6.07 Å². The number of hydrogen-bond acceptors (Lipinski definition) is 5. The van der Waals surface area contributed by atoms with E-state index in [1.54, 1.807) is 13.0 Å². The van der Waals surface area contributed by atoms with Gasteiger partial charge in [-0.2, -0.15) is 5.26 Å². The van der Waals surface area contributed by atoms with Gasteiger partial charge in [-0.15, -0.1) is 0 Å². The Kier molecular flexibility index (Phi) is 4.01. The summed E-state index contributed by atoms with van der Waals surface area (Å²) in [5.74, 6) is 0.396. The van der Waals surface area contributed by atoms with Crippen molar-refractivity contribution in [3.63, 3.8) is 0 Å². The summed E-state index contributed by atoms with van der Waals surface area (Å²) in [5.41, 5.74) is 1.06. The van der Waals surface area contributed by atoms with Crippen molar-refractivity contribution in [1.29, 1.82) is 5.26 Å². The van der Waals surface area contributed by atoms with Gasteiger partial charge in [0.2, 0.25) is 5.95 Å². The molecule has 15 heavy (non-hydrogen) atoms. The fourth-order valence-electron chi connectivity index (χ4n) is 1.15. The van der Waals surface area contributed by atoms with E-state index < -0.39 is 0 Å². The number of nitrogens with zero attached hydrogens (tertiary/aromatic N) is 3. The smallest absolute Gasteiger partial charge is 0.224 e. The average Bonchev–Trinajstić information content (AvgIpc) is 2.25. The Morgan fingerprint density at radius 1 is 1.60 bits per heavy atom. The molecule has 0 bridgehead atoms. The lowest BCUT2D eigenvalue weighted by molar-refractivity contribution is 0.271. The topological polar surface area (TPSA) is 81.8 Å². The lowest BCUT2D eigenvalue weighted by atomic mass is 10.2. The van der Waals surface area contributed by atoms with Gasteiger partial charge in [0.25, 0.3) is 0 Å². The maximum atomic E-state index is 9.00. The van der Waals surface area contributed by atoms with E-state index in [1.807, 2.05) is 13.0 Å². The Morgan fingerprint density at radius 2 is 2.33 bits per heavy atom. The van der Waals surface area contributed by atoms with Crippen molar-refractivity contribution in [1.82, 2.24) is 9.97 Å². The molecule has 0 radical (unpaired) electrons. The van der Waals surface area contributed by atoms with Gasteiger partial charge in [0.1, 0.15) is 11.8 Å². The number of aliphatic hydroxyl groups is 1. The molecule has 0 aliphatic rings. The quantitative estimate of drug-likeness (QED) is 0.762. The molecule has 1 aromatic rings. The molecule has 0 fully saturated rings. The summed E-state index contributed by atoms with van der Waals surface area (Å²) in [7, 11) is 0. The zero-order valence-electron chi connectivity index (χ0n) is 8.86. The number of aryl methyl sites for hydroxylation is 1. The molecule has 0 saturated carbocycles. The van der Waals surface area contributed by atoms with Crippen molar-refractivity contribution in [2.24, 2.45) is 0 Å². The van der Waals surface area contributed by atoms with Crippen molar-refractivity contribution in [3.8, 4) is 6.07 Å². The fraction of sp³-hybridized carbons (Fsp3) is 0.500. The highest BCUT2D eigenvalue weighted by molar-refractivity contribution is 5.33. The van der Waals surface area contributed by atoms with E-state index in [0.29, 0.717) is 11.6 Å². The minimum Gasteiger partial charge on any atom is -0.394 e. The number of anilines is 1. The molecular weight excluding hydrogens is 192 g/mol. The molecule has 0 spiro atoms. The summed E-state index contributed by atoms with van der Waals surface area (Å²) in [6, 6.07) is 3.51. The van der Waals surface area contributed by atoms with E-state index in [1.165, 1.54) is 0 Å². The highest BCUT2D eigenvalue weighted by atomic mass is 16.3. The number of nitrogens with one attached hydrogen (secondary N) is 1. The molecule has 1 unspecified atom stereocenters. The van der Waals surface area contributed by atoms with Gasteiger partial charge in [-0.3, -0.25) is 0 Å². The van der Waals surface area contributed by atoms with Crippen molar-refractivity contribution in [3.05, 3.63) is 17.5 Å². The summed E-state index contributed by atoms with van der Waals surface area (Å²) in [6.45, 7) is 3.78. The number of aromatic nitrogens is 2. The Morgan fingerprint density at radius 3 is 2.87 bits per heavy atom. The molecule has 0 amide bonds. The van der Waals surface area contributed by atoms with Crippen LogP contribution in [0.5, 0.6) is 0 Å². The van der Waals surface area contributed by atoms with Gasteiger partial charge in [0, 0.05) is 5.69 Å². The molecule has 1 aromatic heterocycles. The van der Waals surface area contributed by atoms with E-state index in [9.17, 15) is 0 Å². The molecule has 2 N–H and O–H groups in total. The van der Waals surface area contributed by atoms with Crippen LogP contribution >= 0.6 is 0 Å². The summed E-state index contributed by atoms with van der Waals surface area (Å²) in [6.07, 6.45) is 0.774. The standard InChI is InChI=1S/C10H14N4O/c1-3-8(6-15)13-10-12-7(2)4-9(5-11)14-10/h4,8,15H,3,6H2,1-2H3,(H,12,13,14). The molecule has 80 valence electrons. The lowest BCUT2D eigenvalue weighted by Gasteiger charge is -2.13. The SMILES string of the molecule is CCC(CO)Nc1nc(C)cc(C#N)n1. The van der Waals surface area contributed by atoms with Gasteiger partial charge in [-0.1, -0.05) is 6.92 Å². The molecule has 5 nitrogen and oxygen atoms in total. The highest BCUT2D eigenvalue weighted by Gasteiger charge is 2.07. The summed E-state index contributed by atoms with van der Waals surface area (Å²) in [4.78, 5) is 8.13. The molecule has 0 saturated heterocycles. The Labute approximate surface area is 88.8 Å². The van der Waals surface area contributed by atoms with Gasteiger partial charge in [0.15, 0.2) is 0 Å². The van der Waals surface area contributed by atoms with Crippen molar-refractivity contribution >= 4 is 5.95 Å². The first-order valence-corrected chi connectivity index (χ1v) is 4.82. The molecule has 1 atom stereocenters. The Bertz CT molecular complexity index is 368. The second kappa shape index (κ2) is 5.27. The van der Waals surface area contributed by atoms with Gasteiger partial charge < -0.3 is 10.4 Å². The van der Waals surface area contributed by atoms with Crippen LogP contribution in [0.1, 0.15) is 24.7 Å². The zero-order valence-corrected chi connectivity index (χ0v) is 8.86.